The van der Waals surface area contributed by atoms with Gasteiger partial charge in [-0.15, -0.1) is 0 Å². The highest BCUT2D eigenvalue weighted by molar-refractivity contribution is 7.92. The molecule has 1 aromatic rings. The van der Waals surface area contributed by atoms with E-state index in [-0.39, 0.29) is 22.9 Å². The van der Waals surface area contributed by atoms with Crippen molar-refractivity contribution in [3.8, 4) is 6.07 Å². The van der Waals surface area contributed by atoms with Crippen LogP contribution in [0.1, 0.15) is 19.4 Å². The molecule has 0 amide bonds. The summed E-state index contributed by atoms with van der Waals surface area (Å²) in [6.07, 6.45) is 0. The molecule has 1 rings (SSSR count). The predicted octanol–water partition coefficient (Wildman–Crippen LogP) is 1.54. The van der Waals surface area contributed by atoms with Gasteiger partial charge in [0.05, 0.1) is 17.0 Å². The molecular weight excluding hydrogens is 238 g/mol. The minimum atomic E-state index is -3.42. The van der Waals surface area contributed by atoms with Gasteiger partial charge in [-0.3, -0.25) is 4.72 Å². The van der Waals surface area contributed by atoms with Crippen LogP contribution in [0, 0.1) is 17.2 Å². The molecule has 17 heavy (non-hydrogen) atoms. The lowest BCUT2D eigenvalue weighted by atomic mass is 10.2. The summed E-state index contributed by atoms with van der Waals surface area (Å²) in [5, 5.41) is 8.88. The number of nitrogens with zero attached hydrogens (tertiary/aromatic N) is 1. The van der Waals surface area contributed by atoms with Crippen molar-refractivity contribution in [3.05, 3.63) is 23.8 Å². The van der Waals surface area contributed by atoms with E-state index in [2.05, 4.69) is 4.72 Å². The summed E-state index contributed by atoms with van der Waals surface area (Å²) in [7, 11) is -3.42. The highest BCUT2D eigenvalue weighted by Gasteiger charge is 2.14. The van der Waals surface area contributed by atoms with E-state index < -0.39 is 10.0 Å². The van der Waals surface area contributed by atoms with Gasteiger partial charge < -0.3 is 5.73 Å². The first kappa shape index (κ1) is 13.3. The van der Waals surface area contributed by atoms with Crippen LogP contribution in [0.4, 0.5) is 11.4 Å². The van der Waals surface area contributed by atoms with E-state index in [1.54, 1.807) is 6.07 Å². The smallest absolute Gasteiger partial charge is 0.233 e. The third-order valence-corrected chi connectivity index (χ3v) is 3.62. The molecule has 0 saturated heterocycles. The Morgan fingerprint density at radius 1 is 1.47 bits per heavy atom. The van der Waals surface area contributed by atoms with Gasteiger partial charge in [0.25, 0.3) is 0 Å². The Hall–Kier alpha value is -1.74. The highest BCUT2D eigenvalue weighted by Crippen LogP contribution is 2.19. The summed E-state index contributed by atoms with van der Waals surface area (Å²) in [5.74, 6) is 0.0363. The number of anilines is 2. The molecule has 3 N–H and O–H groups in total. The van der Waals surface area contributed by atoms with Crippen LogP contribution in [0.25, 0.3) is 0 Å². The Balaban J connectivity index is 3.01. The summed E-state index contributed by atoms with van der Waals surface area (Å²) >= 11 is 0. The topological polar surface area (TPSA) is 96.0 Å². The van der Waals surface area contributed by atoms with E-state index in [4.69, 9.17) is 11.0 Å². The van der Waals surface area contributed by atoms with Crippen molar-refractivity contribution in [2.45, 2.75) is 13.8 Å². The zero-order valence-corrected chi connectivity index (χ0v) is 10.6. The molecule has 0 bridgehead atoms. The fourth-order valence-corrected chi connectivity index (χ4v) is 2.87. The van der Waals surface area contributed by atoms with E-state index in [1.807, 2.05) is 19.9 Å². The molecule has 0 aromatic heterocycles. The maximum Gasteiger partial charge on any atom is 0.233 e. The number of rotatable bonds is 4. The second-order valence-corrected chi connectivity index (χ2v) is 5.96. The summed E-state index contributed by atoms with van der Waals surface area (Å²) in [6.45, 7) is 3.63. The zero-order valence-electron chi connectivity index (χ0n) is 9.77. The van der Waals surface area contributed by atoms with Crippen molar-refractivity contribution >= 4 is 21.4 Å². The van der Waals surface area contributed by atoms with Crippen molar-refractivity contribution in [2.75, 3.05) is 16.2 Å². The fraction of sp³-hybridized carbons (Fsp3) is 0.364. The standard InChI is InChI=1S/C11H15N3O2S/c1-8(2)7-17(15,16)14-11-4-3-10(13)5-9(11)6-12/h3-5,8,14H,7,13H2,1-2H3. The van der Waals surface area contributed by atoms with Gasteiger partial charge in [-0.25, -0.2) is 8.42 Å². The number of sulfonamides is 1. The van der Waals surface area contributed by atoms with Crippen molar-refractivity contribution in [3.63, 3.8) is 0 Å². The van der Waals surface area contributed by atoms with Gasteiger partial charge in [0, 0.05) is 5.69 Å². The number of nitrogens with one attached hydrogen (secondary N) is 1. The molecule has 0 aliphatic carbocycles. The average Bonchev–Trinajstić information content (AvgIpc) is 2.18. The minimum Gasteiger partial charge on any atom is -0.399 e. The van der Waals surface area contributed by atoms with Crippen LogP contribution in [0.3, 0.4) is 0 Å². The lowest BCUT2D eigenvalue weighted by molar-refractivity contribution is 0.587. The van der Waals surface area contributed by atoms with Crippen molar-refractivity contribution in [2.24, 2.45) is 5.92 Å². The van der Waals surface area contributed by atoms with Crippen LogP contribution in [0.2, 0.25) is 0 Å². The molecule has 0 fully saturated rings. The van der Waals surface area contributed by atoms with Crippen molar-refractivity contribution < 1.29 is 8.42 Å². The number of nitriles is 1. The molecule has 5 nitrogen and oxygen atoms in total. The van der Waals surface area contributed by atoms with Crippen LogP contribution in [-0.4, -0.2) is 14.2 Å². The molecule has 0 aliphatic rings. The molecule has 0 saturated carbocycles. The van der Waals surface area contributed by atoms with Crippen molar-refractivity contribution in [1.82, 2.24) is 0 Å². The minimum absolute atomic E-state index is 0.0161. The number of nitrogens with two attached hydrogens (primary N) is 1. The Kier molecular flexibility index (Phi) is 3.97. The molecular formula is C11H15N3O2S. The van der Waals surface area contributed by atoms with Gasteiger partial charge in [0.15, 0.2) is 0 Å². The molecule has 0 unspecified atom stereocenters. The molecule has 0 heterocycles. The highest BCUT2D eigenvalue weighted by atomic mass is 32.2. The lowest BCUT2D eigenvalue weighted by Crippen LogP contribution is -2.20. The number of hydrogen-bond acceptors (Lipinski definition) is 4. The molecule has 0 radical (unpaired) electrons. The first-order chi connectivity index (χ1) is 7.84. The summed E-state index contributed by atoms with van der Waals surface area (Å²) in [4.78, 5) is 0. The maximum absolute atomic E-state index is 11.7. The van der Waals surface area contributed by atoms with E-state index in [1.165, 1.54) is 12.1 Å². The predicted molar refractivity (Wildman–Crippen MR) is 67.8 cm³/mol. The SMILES string of the molecule is CC(C)CS(=O)(=O)Nc1ccc(N)cc1C#N. The van der Waals surface area contributed by atoms with Gasteiger partial charge in [-0.1, -0.05) is 13.8 Å². The van der Waals surface area contributed by atoms with Crippen LogP contribution in [-0.2, 0) is 10.0 Å². The number of hydrogen-bond donors (Lipinski definition) is 2. The van der Waals surface area contributed by atoms with Crippen LogP contribution in [0.5, 0.6) is 0 Å². The summed E-state index contributed by atoms with van der Waals surface area (Å²) < 4.78 is 25.8. The fourth-order valence-electron chi connectivity index (χ4n) is 1.39. The van der Waals surface area contributed by atoms with Crippen molar-refractivity contribution in [1.29, 1.82) is 5.26 Å². The zero-order chi connectivity index (χ0) is 13.1. The molecule has 6 heteroatoms. The van der Waals surface area contributed by atoms with E-state index in [0.29, 0.717) is 5.69 Å². The third-order valence-electron chi connectivity index (χ3n) is 1.98. The monoisotopic (exact) mass is 253 g/mol. The first-order valence-corrected chi connectivity index (χ1v) is 6.79. The summed E-state index contributed by atoms with van der Waals surface area (Å²) in [5.41, 5.74) is 6.43. The Morgan fingerprint density at radius 2 is 2.12 bits per heavy atom. The Labute approximate surface area is 101 Å². The normalized spacial score (nSPS) is 11.2. The molecule has 92 valence electrons. The van der Waals surface area contributed by atoms with Crippen LogP contribution in [0.15, 0.2) is 18.2 Å². The van der Waals surface area contributed by atoms with E-state index in [9.17, 15) is 8.42 Å². The Morgan fingerprint density at radius 3 is 2.65 bits per heavy atom. The van der Waals surface area contributed by atoms with Gasteiger partial charge in [0.2, 0.25) is 10.0 Å². The van der Waals surface area contributed by atoms with Gasteiger partial charge in [0.1, 0.15) is 6.07 Å². The Bertz CT molecular complexity index is 544. The van der Waals surface area contributed by atoms with Gasteiger partial charge in [-0.2, -0.15) is 5.26 Å². The summed E-state index contributed by atoms with van der Waals surface area (Å²) in [6, 6.07) is 6.38. The van der Waals surface area contributed by atoms with Gasteiger partial charge >= 0.3 is 0 Å². The largest absolute Gasteiger partial charge is 0.399 e. The van der Waals surface area contributed by atoms with E-state index in [0.717, 1.165) is 0 Å². The van der Waals surface area contributed by atoms with Gasteiger partial charge in [-0.05, 0) is 24.1 Å². The number of benzene rings is 1. The second-order valence-electron chi connectivity index (χ2n) is 4.19. The molecule has 0 spiro atoms. The lowest BCUT2D eigenvalue weighted by Gasteiger charge is -2.11. The number of nitrogen functional groups attached to an aromatic ring is 1. The maximum atomic E-state index is 11.7. The molecule has 0 atom stereocenters. The van der Waals surface area contributed by atoms with Crippen LogP contribution < -0.4 is 10.5 Å². The quantitative estimate of drug-likeness (QED) is 0.795. The van der Waals surface area contributed by atoms with E-state index >= 15 is 0 Å². The first-order valence-electron chi connectivity index (χ1n) is 5.14. The third kappa shape index (κ3) is 3.96. The second kappa shape index (κ2) is 5.06. The molecule has 0 aliphatic heterocycles. The van der Waals surface area contributed by atoms with Crippen LogP contribution >= 0.6 is 0 Å². The molecule has 1 aromatic carbocycles. The average molecular weight is 253 g/mol.